The Hall–Kier alpha value is -1.91. The monoisotopic (exact) mass is 247 g/mol. The number of hydrogen-bond acceptors (Lipinski definition) is 4. The van der Waals surface area contributed by atoms with Crippen molar-refractivity contribution in [3.63, 3.8) is 0 Å². The van der Waals surface area contributed by atoms with Crippen LogP contribution in [0.5, 0.6) is 0 Å². The number of pyridine rings is 1. The lowest BCUT2D eigenvalue weighted by molar-refractivity contribution is -0.122. The quantitative estimate of drug-likeness (QED) is 0.805. The molecule has 1 saturated heterocycles. The Morgan fingerprint density at radius 2 is 2.39 bits per heavy atom. The van der Waals surface area contributed by atoms with Crippen molar-refractivity contribution in [3.05, 3.63) is 23.4 Å². The lowest BCUT2D eigenvalue weighted by atomic mass is 9.97. The van der Waals surface area contributed by atoms with Crippen molar-refractivity contribution >= 4 is 18.0 Å². The molecule has 1 aliphatic heterocycles. The minimum Gasteiger partial charge on any atom is -0.369 e. The standard InChI is InChI=1S/C13H17N3O2/c1-9-5-10(8-17)6-15-13(9)16-4-2-3-11(7-16)12(14)18/h5-6,8,11H,2-4,7H2,1H3,(H2,14,18). The summed E-state index contributed by atoms with van der Waals surface area (Å²) in [6.07, 6.45) is 4.12. The van der Waals surface area contributed by atoms with Gasteiger partial charge in [-0.1, -0.05) is 0 Å². The molecule has 2 heterocycles. The van der Waals surface area contributed by atoms with Gasteiger partial charge in [-0.05, 0) is 31.4 Å². The van der Waals surface area contributed by atoms with Crippen LogP contribution in [0.15, 0.2) is 12.3 Å². The third kappa shape index (κ3) is 2.50. The number of primary amides is 1. The Morgan fingerprint density at radius 3 is 3.00 bits per heavy atom. The summed E-state index contributed by atoms with van der Waals surface area (Å²) < 4.78 is 0. The van der Waals surface area contributed by atoms with E-state index in [0.29, 0.717) is 12.1 Å². The van der Waals surface area contributed by atoms with Gasteiger partial charge in [-0.25, -0.2) is 4.98 Å². The average Bonchev–Trinajstić information content (AvgIpc) is 2.38. The van der Waals surface area contributed by atoms with Gasteiger partial charge in [0.15, 0.2) is 6.29 Å². The second-order valence-electron chi connectivity index (χ2n) is 4.71. The number of nitrogens with two attached hydrogens (primary N) is 1. The zero-order valence-electron chi connectivity index (χ0n) is 10.4. The van der Waals surface area contributed by atoms with Gasteiger partial charge in [0.25, 0.3) is 0 Å². The van der Waals surface area contributed by atoms with Gasteiger partial charge in [-0.2, -0.15) is 0 Å². The van der Waals surface area contributed by atoms with Crippen LogP contribution in [-0.4, -0.2) is 30.3 Å². The first-order chi connectivity index (χ1) is 8.61. The number of anilines is 1. The Kier molecular flexibility index (Phi) is 3.60. The molecular formula is C13H17N3O2. The largest absolute Gasteiger partial charge is 0.369 e. The molecule has 1 fully saturated rings. The van der Waals surface area contributed by atoms with E-state index in [2.05, 4.69) is 9.88 Å². The lowest BCUT2D eigenvalue weighted by Crippen LogP contribution is -2.41. The minimum atomic E-state index is -0.248. The second kappa shape index (κ2) is 5.16. The van der Waals surface area contributed by atoms with E-state index in [1.807, 2.05) is 13.0 Å². The van der Waals surface area contributed by atoms with Crippen LogP contribution in [0.3, 0.4) is 0 Å². The second-order valence-corrected chi connectivity index (χ2v) is 4.71. The van der Waals surface area contributed by atoms with Crippen molar-refractivity contribution in [2.75, 3.05) is 18.0 Å². The highest BCUT2D eigenvalue weighted by Crippen LogP contribution is 2.24. The van der Waals surface area contributed by atoms with Crippen LogP contribution in [0, 0.1) is 12.8 Å². The number of amides is 1. The maximum atomic E-state index is 11.2. The molecule has 2 N–H and O–H groups in total. The van der Waals surface area contributed by atoms with E-state index in [9.17, 15) is 9.59 Å². The van der Waals surface area contributed by atoms with Crippen LogP contribution in [0.4, 0.5) is 5.82 Å². The molecule has 1 aromatic rings. The highest BCUT2D eigenvalue weighted by Gasteiger charge is 2.25. The molecule has 1 aromatic heterocycles. The fourth-order valence-corrected chi connectivity index (χ4v) is 2.39. The molecule has 18 heavy (non-hydrogen) atoms. The third-order valence-electron chi connectivity index (χ3n) is 3.33. The molecule has 0 bridgehead atoms. The van der Waals surface area contributed by atoms with Crippen molar-refractivity contribution in [1.29, 1.82) is 0 Å². The van der Waals surface area contributed by atoms with Crippen LogP contribution in [0.25, 0.3) is 0 Å². The number of aryl methyl sites for hydroxylation is 1. The van der Waals surface area contributed by atoms with E-state index >= 15 is 0 Å². The number of piperidine rings is 1. The molecule has 1 amide bonds. The molecule has 1 atom stereocenters. The van der Waals surface area contributed by atoms with E-state index in [1.165, 1.54) is 0 Å². The van der Waals surface area contributed by atoms with E-state index in [0.717, 1.165) is 37.1 Å². The smallest absolute Gasteiger partial charge is 0.222 e. The predicted octanol–water partition coefficient (Wildman–Crippen LogP) is 0.904. The van der Waals surface area contributed by atoms with Gasteiger partial charge in [0, 0.05) is 24.8 Å². The molecule has 0 radical (unpaired) electrons. The minimum absolute atomic E-state index is 0.106. The van der Waals surface area contributed by atoms with Crippen molar-refractivity contribution in [2.24, 2.45) is 11.7 Å². The summed E-state index contributed by atoms with van der Waals surface area (Å²) in [4.78, 5) is 28.3. The van der Waals surface area contributed by atoms with Crippen molar-refractivity contribution in [3.8, 4) is 0 Å². The maximum absolute atomic E-state index is 11.2. The zero-order chi connectivity index (χ0) is 13.1. The van der Waals surface area contributed by atoms with Gasteiger partial charge in [0.1, 0.15) is 5.82 Å². The average molecular weight is 247 g/mol. The van der Waals surface area contributed by atoms with E-state index in [4.69, 9.17) is 5.73 Å². The van der Waals surface area contributed by atoms with E-state index < -0.39 is 0 Å². The van der Waals surface area contributed by atoms with Gasteiger partial charge in [-0.3, -0.25) is 9.59 Å². The van der Waals surface area contributed by atoms with Crippen LogP contribution in [0.1, 0.15) is 28.8 Å². The summed E-state index contributed by atoms with van der Waals surface area (Å²) >= 11 is 0. The Balaban J connectivity index is 2.20. The topological polar surface area (TPSA) is 76.3 Å². The van der Waals surface area contributed by atoms with Gasteiger partial charge in [-0.15, -0.1) is 0 Å². The summed E-state index contributed by atoms with van der Waals surface area (Å²) in [6, 6.07) is 1.81. The molecule has 0 saturated carbocycles. The third-order valence-corrected chi connectivity index (χ3v) is 3.33. The number of aldehydes is 1. The number of rotatable bonds is 3. The van der Waals surface area contributed by atoms with Crippen LogP contribution in [0.2, 0.25) is 0 Å². The molecular weight excluding hydrogens is 230 g/mol. The summed E-state index contributed by atoms with van der Waals surface area (Å²) in [6.45, 7) is 3.41. The molecule has 2 rings (SSSR count). The van der Waals surface area contributed by atoms with Gasteiger partial charge in [0.05, 0.1) is 5.92 Å². The molecule has 1 aliphatic rings. The molecule has 1 unspecified atom stereocenters. The highest BCUT2D eigenvalue weighted by molar-refractivity contribution is 5.78. The van der Waals surface area contributed by atoms with Crippen molar-refractivity contribution < 1.29 is 9.59 Å². The summed E-state index contributed by atoms with van der Waals surface area (Å²) in [5, 5.41) is 0. The van der Waals surface area contributed by atoms with Crippen LogP contribution in [-0.2, 0) is 4.79 Å². The molecule has 0 spiro atoms. The Bertz CT molecular complexity index is 473. The number of carbonyl (C=O) groups excluding carboxylic acids is 2. The Morgan fingerprint density at radius 1 is 1.61 bits per heavy atom. The highest BCUT2D eigenvalue weighted by atomic mass is 16.1. The first-order valence-corrected chi connectivity index (χ1v) is 6.08. The van der Waals surface area contributed by atoms with Gasteiger partial charge >= 0.3 is 0 Å². The maximum Gasteiger partial charge on any atom is 0.222 e. The predicted molar refractivity (Wildman–Crippen MR) is 68.5 cm³/mol. The fraction of sp³-hybridized carbons (Fsp3) is 0.462. The SMILES string of the molecule is Cc1cc(C=O)cnc1N1CCCC(C(N)=O)C1. The molecule has 0 aromatic carbocycles. The first kappa shape index (κ1) is 12.5. The summed E-state index contributed by atoms with van der Waals surface area (Å²) in [5.41, 5.74) is 6.88. The molecule has 96 valence electrons. The number of aromatic nitrogens is 1. The number of nitrogens with zero attached hydrogens (tertiary/aromatic N) is 2. The first-order valence-electron chi connectivity index (χ1n) is 6.08. The van der Waals surface area contributed by atoms with Gasteiger partial charge < -0.3 is 10.6 Å². The van der Waals surface area contributed by atoms with Crippen molar-refractivity contribution in [2.45, 2.75) is 19.8 Å². The lowest BCUT2D eigenvalue weighted by Gasteiger charge is -2.33. The van der Waals surface area contributed by atoms with Gasteiger partial charge in [0.2, 0.25) is 5.91 Å². The van der Waals surface area contributed by atoms with E-state index in [1.54, 1.807) is 6.20 Å². The van der Waals surface area contributed by atoms with Crippen LogP contribution < -0.4 is 10.6 Å². The number of carbonyl (C=O) groups is 2. The Labute approximate surface area is 106 Å². The summed E-state index contributed by atoms with van der Waals surface area (Å²) in [7, 11) is 0. The number of hydrogen-bond donors (Lipinski definition) is 1. The van der Waals surface area contributed by atoms with E-state index in [-0.39, 0.29) is 11.8 Å². The van der Waals surface area contributed by atoms with Crippen molar-refractivity contribution in [1.82, 2.24) is 4.98 Å². The van der Waals surface area contributed by atoms with Crippen LogP contribution >= 0.6 is 0 Å². The zero-order valence-corrected chi connectivity index (χ0v) is 10.4. The molecule has 5 nitrogen and oxygen atoms in total. The molecule has 0 aliphatic carbocycles. The normalized spacial score (nSPS) is 19.6. The molecule has 5 heteroatoms. The summed E-state index contributed by atoms with van der Waals surface area (Å²) in [5.74, 6) is 0.485. The fourth-order valence-electron chi connectivity index (χ4n) is 2.39.